The third-order valence-corrected chi connectivity index (χ3v) is 3.86. The van der Waals surface area contributed by atoms with Crippen molar-refractivity contribution in [3.05, 3.63) is 70.3 Å². The smallest absolute Gasteiger partial charge is 0.166 e. The molecule has 0 N–H and O–H groups in total. The number of hydrogen-bond acceptors (Lipinski definition) is 0. The summed E-state index contributed by atoms with van der Waals surface area (Å²) in [6.45, 7) is 3.98. The number of aryl methyl sites for hydroxylation is 2. The largest absolute Gasteiger partial charge is 0.416 e. The molecule has 0 aliphatic carbocycles. The van der Waals surface area contributed by atoms with E-state index in [9.17, 15) is 13.2 Å². The Hall–Kier alpha value is -1.48. The first-order valence-corrected chi connectivity index (χ1v) is 6.61. The van der Waals surface area contributed by atoms with E-state index >= 15 is 0 Å². The molecule has 4 heteroatoms. The molecule has 0 aliphatic rings. The lowest BCUT2D eigenvalue weighted by Gasteiger charge is -2.13. The van der Waals surface area contributed by atoms with Crippen molar-refractivity contribution in [2.45, 2.75) is 25.4 Å². The minimum Gasteiger partial charge on any atom is -0.166 e. The van der Waals surface area contributed by atoms with Gasteiger partial charge in [0.2, 0.25) is 0 Å². The fourth-order valence-electron chi connectivity index (χ4n) is 1.96. The van der Waals surface area contributed by atoms with Gasteiger partial charge in [-0.25, -0.2) is 0 Å². The zero-order valence-corrected chi connectivity index (χ0v) is 11.9. The van der Waals surface area contributed by atoms with Crippen molar-refractivity contribution < 1.29 is 13.2 Å². The molecule has 0 bridgehead atoms. The van der Waals surface area contributed by atoms with Crippen molar-refractivity contribution in [1.29, 1.82) is 0 Å². The summed E-state index contributed by atoms with van der Waals surface area (Å²) in [5, 5.41) is -0.448. The molecule has 0 aromatic heterocycles. The number of alkyl halides is 4. The number of hydrogen-bond donors (Lipinski definition) is 0. The third kappa shape index (κ3) is 3.15. The van der Waals surface area contributed by atoms with Gasteiger partial charge in [-0.1, -0.05) is 30.3 Å². The Bertz CT molecular complexity index is 600. The average Bonchev–Trinajstić information content (AvgIpc) is 2.40. The molecule has 2 rings (SSSR count). The molecular weight excluding hydrogens is 285 g/mol. The number of benzene rings is 2. The maximum atomic E-state index is 12.5. The van der Waals surface area contributed by atoms with Gasteiger partial charge in [0.05, 0.1) is 10.9 Å². The van der Waals surface area contributed by atoms with Crippen LogP contribution in [-0.4, -0.2) is 0 Å². The van der Waals surface area contributed by atoms with Gasteiger partial charge in [0.1, 0.15) is 0 Å². The predicted octanol–water partition coefficient (Wildman–Crippen LogP) is 5.65. The first-order chi connectivity index (χ1) is 9.29. The van der Waals surface area contributed by atoms with E-state index in [1.165, 1.54) is 12.1 Å². The number of halogens is 4. The van der Waals surface area contributed by atoms with Crippen LogP contribution in [0.2, 0.25) is 0 Å². The normalized spacial score (nSPS) is 13.3. The molecule has 0 radical (unpaired) electrons. The molecule has 0 heterocycles. The van der Waals surface area contributed by atoms with E-state index in [1.54, 1.807) is 0 Å². The van der Waals surface area contributed by atoms with E-state index < -0.39 is 17.1 Å². The van der Waals surface area contributed by atoms with Crippen molar-refractivity contribution in [2.75, 3.05) is 0 Å². The molecular formula is C16H14ClF3. The molecule has 106 valence electrons. The lowest BCUT2D eigenvalue weighted by molar-refractivity contribution is -0.137. The Morgan fingerprint density at radius 2 is 1.40 bits per heavy atom. The second-order valence-electron chi connectivity index (χ2n) is 4.83. The molecule has 0 nitrogen and oxygen atoms in total. The average molecular weight is 299 g/mol. The maximum absolute atomic E-state index is 12.5. The minimum absolute atomic E-state index is 0.448. The molecule has 0 fully saturated rings. The van der Waals surface area contributed by atoms with Crippen LogP contribution in [0.1, 0.15) is 33.2 Å². The predicted molar refractivity (Wildman–Crippen MR) is 75.1 cm³/mol. The van der Waals surface area contributed by atoms with Crippen molar-refractivity contribution in [3.63, 3.8) is 0 Å². The highest BCUT2D eigenvalue weighted by molar-refractivity contribution is 6.22. The summed E-state index contributed by atoms with van der Waals surface area (Å²) in [6, 6.07) is 10.8. The summed E-state index contributed by atoms with van der Waals surface area (Å²) in [4.78, 5) is 0. The molecule has 20 heavy (non-hydrogen) atoms. The van der Waals surface area contributed by atoms with Crippen LogP contribution in [0.25, 0.3) is 0 Å². The van der Waals surface area contributed by atoms with Crippen LogP contribution < -0.4 is 0 Å². The van der Waals surface area contributed by atoms with Crippen LogP contribution in [0.4, 0.5) is 13.2 Å². The van der Waals surface area contributed by atoms with E-state index in [-0.39, 0.29) is 0 Å². The van der Waals surface area contributed by atoms with Gasteiger partial charge < -0.3 is 0 Å². The second kappa shape index (κ2) is 5.49. The molecule has 2 aromatic carbocycles. The molecule has 0 saturated carbocycles. The first-order valence-electron chi connectivity index (χ1n) is 6.17. The van der Waals surface area contributed by atoms with Crippen molar-refractivity contribution in [3.8, 4) is 0 Å². The maximum Gasteiger partial charge on any atom is 0.416 e. The van der Waals surface area contributed by atoms with Crippen LogP contribution in [0.5, 0.6) is 0 Å². The zero-order valence-electron chi connectivity index (χ0n) is 11.1. The van der Waals surface area contributed by atoms with E-state index in [0.29, 0.717) is 5.56 Å². The standard InChI is InChI=1S/C16H14ClF3/c1-10-3-4-13(9-11(10)2)15(17)12-5-7-14(8-6-12)16(18,19)20/h3-9,15H,1-2H3. The summed E-state index contributed by atoms with van der Waals surface area (Å²) in [5.41, 5.74) is 3.15. The Morgan fingerprint density at radius 3 is 1.90 bits per heavy atom. The van der Waals surface area contributed by atoms with Gasteiger partial charge in [0.15, 0.2) is 0 Å². The first kappa shape index (κ1) is 14.9. The topological polar surface area (TPSA) is 0 Å². The lowest BCUT2D eigenvalue weighted by atomic mass is 9.99. The quantitative estimate of drug-likeness (QED) is 0.628. The summed E-state index contributed by atoms with van der Waals surface area (Å²) < 4.78 is 37.5. The van der Waals surface area contributed by atoms with Crippen LogP contribution >= 0.6 is 11.6 Å². The highest BCUT2D eigenvalue weighted by Crippen LogP contribution is 2.33. The van der Waals surface area contributed by atoms with Crippen LogP contribution in [-0.2, 0) is 6.18 Å². The Morgan fingerprint density at radius 1 is 0.850 bits per heavy atom. The lowest BCUT2D eigenvalue weighted by Crippen LogP contribution is -2.05. The van der Waals surface area contributed by atoms with Gasteiger partial charge in [-0.2, -0.15) is 13.2 Å². The monoisotopic (exact) mass is 298 g/mol. The molecule has 0 aliphatic heterocycles. The highest BCUT2D eigenvalue weighted by Gasteiger charge is 2.30. The van der Waals surface area contributed by atoms with Gasteiger partial charge in [-0.15, -0.1) is 11.6 Å². The number of rotatable bonds is 2. The summed E-state index contributed by atoms with van der Waals surface area (Å²) >= 11 is 6.34. The molecule has 0 saturated heterocycles. The van der Waals surface area contributed by atoms with Crippen molar-refractivity contribution in [1.82, 2.24) is 0 Å². The SMILES string of the molecule is Cc1ccc(C(Cl)c2ccc(C(F)(F)F)cc2)cc1C. The van der Waals surface area contributed by atoms with E-state index in [4.69, 9.17) is 11.6 Å². The second-order valence-corrected chi connectivity index (χ2v) is 5.26. The molecule has 1 atom stereocenters. The fourth-order valence-corrected chi connectivity index (χ4v) is 2.24. The van der Waals surface area contributed by atoms with Gasteiger partial charge in [0.25, 0.3) is 0 Å². The molecule has 0 amide bonds. The Kier molecular flexibility index (Phi) is 4.09. The summed E-state index contributed by atoms with van der Waals surface area (Å²) in [5.74, 6) is 0. The van der Waals surface area contributed by atoms with Gasteiger partial charge in [0, 0.05) is 0 Å². The van der Waals surface area contributed by atoms with Gasteiger partial charge in [-0.3, -0.25) is 0 Å². The van der Waals surface area contributed by atoms with Crippen LogP contribution in [0.15, 0.2) is 42.5 Å². The fraction of sp³-hybridized carbons (Fsp3) is 0.250. The van der Waals surface area contributed by atoms with Crippen LogP contribution in [0.3, 0.4) is 0 Å². The van der Waals surface area contributed by atoms with E-state index in [2.05, 4.69) is 0 Å². The molecule has 1 unspecified atom stereocenters. The van der Waals surface area contributed by atoms with Gasteiger partial charge in [-0.05, 0) is 48.2 Å². The van der Waals surface area contributed by atoms with Crippen molar-refractivity contribution >= 4 is 11.6 Å². The zero-order chi connectivity index (χ0) is 14.9. The van der Waals surface area contributed by atoms with E-state index in [1.807, 2.05) is 32.0 Å². The summed E-state index contributed by atoms with van der Waals surface area (Å²) in [6.07, 6.45) is -4.32. The van der Waals surface area contributed by atoms with E-state index in [0.717, 1.165) is 28.8 Å². The van der Waals surface area contributed by atoms with Crippen LogP contribution in [0, 0.1) is 13.8 Å². The van der Waals surface area contributed by atoms with Crippen molar-refractivity contribution in [2.24, 2.45) is 0 Å². The highest BCUT2D eigenvalue weighted by atomic mass is 35.5. The minimum atomic E-state index is -4.32. The van der Waals surface area contributed by atoms with Gasteiger partial charge >= 0.3 is 6.18 Å². The molecule has 0 spiro atoms. The third-order valence-electron chi connectivity index (χ3n) is 3.35. The summed E-state index contributed by atoms with van der Waals surface area (Å²) in [7, 11) is 0. The Labute approximate surface area is 121 Å². The molecule has 2 aromatic rings. The Balaban J connectivity index is 2.29.